The summed E-state index contributed by atoms with van der Waals surface area (Å²) in [5.41, 5.74) is 4.01. The molecule has 2 N–H and O–H groups in total. The Labute approximate surface area is 209 Å². The smallest absolute Gasteiger partial charge is 0.335 e. The summed E-state index contributed by atoms with van der Waals surface area (Å²) < 4.78 is 1.86. The van der Waals surface area contributed by atoms with Crippen LogP contribution < -0.4 is 0 Å². The Balaban J connectivity index is 1.43. The van der Waals surface area contributed by atoms with Crippen LogP contribution in [0, 0.1) is 0 Å². The molecule has 1 aliphatic rings. The summed E-state index contributed by atoms with van der Waals surface area (Å²) in [4.78, 5) is 28.5. The Kier molecular flexibility index (Phi) is 6.59. The third kappa shape index (κ3) is 4.51. The summed E-state index contributed by atoms with van der Waals surface area (Å²) >= 11 is 0. The van der Waals surface area contributed by atoms with Gasteiger partial charge >= 0.3 is 11.9 Å². The minimum absolute atomic E-state index is 0.0912. The van der Waals surface area contributed by atoms with Crippen molar-refractivity contribution >= 4 is 22.8 Å². The van der Waals surface area contributed by atoms with Gasteiger partial charge in [-0.1, -0.05) is 60.7 Å². The standard InChI is InChI=1S/C29H29N3O4/c1-30-19-24(23-18-22(28(33)34)12-13-25(23)30)27(29(35)36)32-16-14-31(15-17-32)26(20-8-4-2-5-9-20)21-10-6-3-7-11-21/h2-13,18-19,26-27H,14-17H2,1H3,(H,33,34)(H,35,36). The Morgan fingerprint density at radius 2 is 1.33 bits per heavy atom. The van der Waals surface area contributed by atoms with E-state index in [1.54, 1.807) is 18.2 Å². The molecular weight excluding hydrogens is 454 g/mol. The zero-order valence-corrected chi connectivity index (χ0v) is 20.1. The molecule has 0 aliphatic carbocycles. The van der Waals surface area contributed by atoms with Crippen LogP contribution in [-0.2, 0) is 11.8 Å². The molecule has 5 rings (SSSR count). The fourth-order valence-corrected chi connectivity index (χ4v) is 5.40. The van der Waals surface area contributed by atoms with Crippen molar-refractivity contribution in [2.45, 2.75) is 12.1 Å². The molecule has 1 aliphatic heterocycles. The van der Waals surface area contributed by atoms with Crippen molar-refractivity contribution in [1.29, 1.82) is 0 Å². The molecular formula is C29H29N3O4. The Morgan fingerprint density at radius 3 is 1.86 bits per heavy atom. The molecule has 0 saturated carbocycles. The lowest BCUT2D eigenvalue weighted by Gasteiger charge is -2.41. The van der Waals surface area contributed by atoms with Gasteiger partial charge in [0.1, 0.15) is 6.04 Å². The first kappa shape index (κ1) is 23.8. The van der Waals surface area contributed by atoms with E-state index in [0.717, 1.165) is 5.52 Å². The predicted molar refractivity (Wildman–Crippen MR) is 138 cm³/mol. The van der Waals surface area contributed by atoms with Gasteiger partial charge in [0, 0.05) is 55.9 Å². The van der Waals surface area contributed by atoms with Gasteiger partial charge in [-0.05, 0) is 29.3 Å². The van der Waals surface area contributed by atoms with Crippen LogP contribution in [0.2, 0.25) is 0 Å². The molecule has 1 atom stereocenters. The summed E-state index contributed by atoms with van der Waals surface area (Å²) in [6.45, 7) is 2.59. The highest BCUT2D eigenvalue weighted by atomic mass is 16.4. The quantitative estimate of drug-likeness (QED) is 0.405. The minimum Gasteiger partial charge on any atom is -0.480 e. The molecule has 1 saturated heterocycles. The molecule has 1 fully saturated rings. The van der Waals surface area contributed by atoms with Crippen molar-refractivity contribution < 1.29 is 19.8 Å². The molecule has 7 nitrogen and oxygen atoms in total. The van der Waals surface area contributed by atoms with E-state index in [2.05, 4.69) is 29.2 Å². The molecule has 0 amide bonds. The highest BCUT2D eigenvalue weighted by molar-refractivity contribution is 5.96. The first-order valence-electron chi connectivity index (χ1n) is 12.1. The third-order valence-electron chi connectivity index (χ3n) is 7.11. The van der Waals surface area contributed by atoms with Crippen LogP contribution in [0.5, 0.6) is 0 Å². The molecule has 7 heteroatoms. The van der Waals surface area contributed by atoms with Crippen LogP contribution in [0.15, 0.2) is 85.1 Å². The van der Waals surface area contributed by atoms with E-state index in [4.69, 9.17) is 0 Å². The molecule has 0 bridgehead atoms. The van der Waals surface area contributed by atoms with E-state index >= 15 is 0 Å². The lowest BCUT2D eigenvalue weighted by Crippen LogP contribution is -2.50. The number of carbonyl (C=O) groups is 2. The first-order chi connectivity index (χ1) is 17.4. The zero-order valence-electron chi connectivity index (χ0n) is 20.1. The molecule has 1 aromatic heterocycles. The van der Waals surface area contributed by atoms with Gasteiger partial charge < -0.3 is 14.8 Å². The van der Waals surface area contributed by atoms with Gasteiger partial charge in [0.05, 0.1) is 11.6 Å². The average Bonchev–Trinajstić information content (AvgIpc) is 3.21. The lowest BCUT2D eigenvalue weighted by atomic mass is 9.96. The number of rotatable bonds is 7. The molecule has 0 spiro atoms. The van der Waals surface area contributed by atoms with E-state index in [1.165, 1.54) is 11.1 Å². The van der Waals surface area contributed by atoms with Gasteiger partial charge in [-0.3, -0.25) is 14.6 Å². The van der Waals surface area contributed by atoms with Gasteiger partial charge in [-0.2, -0.15) is 0 Å². The highest BCUT2D eigenvalue weighted by Gasteiger charge is 2.34. The highest BCUT2D eigenvalue weighted by Crippen LogP contribution is 2.34. The van der Waals surface area contributed by atoms with Crippen molar-refractivity contribution in [1.82, 2.24) is 14.4 Å². The van der Waals surface area contributed by atoms with Gasteiger partial charge in [0.25, 0.3) is 0 Å². The first-order valence-corrected chi connectivity index (χ1v) is 12.1. The number of fused-ring (bicyclic) bond motifs is 1. The van der Waals surface area contributed by atoms with Crippen LogP contribution >= 0.6 is 0 Å². The maximum absolute atomic E-state index is 12.5. The summed E-state index contributed by atoms with van der Waals surface area (Å²) in [6, 6.07) is 24.9. The predicted octanol–water partition coefficient (Wildman–Crippen LogP) is 4.41. The van der Waals surface area contributed by atoms with Gasteiger partial charge in [-0.25, -0.2) is 4.79 Å². The fourth-order valence-electron chi connectivity index (χ4n) is 5.40. The maximum atomic E-state index is 12.5. The largest absolute Gasteiger partial charge is 0.480 e. The molecule has 36 heavy (non-hydrogen) atoms. The number of aromatic carboxylic acids is 1. The monoisotopic (exact) mass is 483 g/mol. The number of aryl methyl sites for hydroxylation is 1. The lowest BCUT2D eigenvalue weighted by molar-refractivity contribution is -0.144. The zero-order chi connectivity index (χ0) is 25.2. The van der Waals surface area contributed by atoms with Gasteiger partial charge in [0.15, 0.2) is 0 Å². The number of nitrogens with zero attached hydrogens (tertiary/aromatic N) is 3. The SMILES string of the molecule is Cn1cc(C(C(=O)O)N2CCN(C(c3ccccc3)c3ccccc3)CC2)c2cc(C(=O)O)ccc21. The summed E-state index contributed by atoms with van der Waals surface area (Å²) in [5, 5.41) is 20.4. The van der Waals surface area contributed by atoms with E-state index in [-0.39, 0.29) is 11.6 Å². The Hall–Kier alpha value is -3.94. The normalized spacial score (nSPS) is 15.8. The van der Waals surface area contributed by atoms with E-state index in [0.29, 0.717) is 37.1 Å². The van der Waals surface area contributed by atoms with E-state index < -0.39 is 18.0 Å². The number of benzene rings is 3. The van der Waals surface area contributed by atoms with Crippen molar-refractivity contribution in [2.24, 2.45) is 7.05 Å². The molecule has 184 valence electrons. The van der Waals surface area contributed by atoms with Crippen LogP contribution in [0.3, 0.4) is 0 Å². The minimum atomic E-state index is -1.03. The van der Waals surface area contributed by atoms with Crippen molar-refractivity contribution in [3.63, 3.8) is 0 Å². The van der Waals surface area contributed by atoms with Gasteiger partial charge in [0.2, 0.25) is 0 Å². The topological polar surface area (TPSA) is 86.0 Å². The van der Waals surface area contributed by atoms with Crippen LogP contribution in [0.25, 0.3) is 10.9 Å². The molecule has 1 unspecified atom stereocenters. The number of hydrogen-bond acceptors (Lipinski definition) is 4. The second-order valence-corrected chi connectivity index (χ2v) is 9.27. The van der Waals surface area contributed by atoms with Crippen LogP contribution in [0.4, 0.5) is 0 Å². The maximum Gasteiger partial charge on any atom is 0.335 e. The Morgan fingerprint density at radius 1 is 0.778 bits per heavy atom. The number of piperazine rings is 1. The fraction of sp³-hybridized carbons (Fsp3) is 0.241. The average molecular weight is 484 g/mol. The number of aliphatic carboxylic acids is 1. The van der Waals surface area contributed by atoms with E-state index in [9.17, 15) is 19.8 Å². The number of hydrogen-bond donors (Lipinski definition) is 2. The summed E-state index contributed by atoms with van der Waals surface area (Å²) in [5.74, 6) is -1.96. The molecule has 4 aromatic rings. The van der Waals surface area contributed by atoms with Crippen molar-refractivity contribution in [3.05, 3.63) is 107 Å². The third-order valence-corrected chi connectivity index (χ3v) is 7.11. The molecule has 3 aromatic carbocycles. The second-order valence-electron chi connectivity index (χ2n) is 9.27. The molecule has 2 heterocycles. The number of carboxylic acids is 2. The Bertz CT molecular complexity index is 1340. The van der Waals surface area contributed by atoms with Crippen molar-refractivity contribution in [3.8, 4) is 0 Å². The second kappa shape index (κ2) is 9.97. The number of aromatic nitrogens is 1. The van der Waals surface area contributed by atoms with Crippen molar-refractivity contribution in [2.75, 3.05) is 26.2 Å². The van der Waals surface area contributed by atoms with Crippen LogP contribution in [-0.4, -0.2) is 62.7 Å². The summed E-state index contributed by atoms with van der Waals surface area (Å²) in [7, 11) is 1.85. The molecule has 0 radical (unpaired) electrons. The van der Waals surface area contributed by atoms with Crippen LogP contribution in [0.1, 0.15) is 39.1 Å². The summed E-state index contributed by atoms with van der Waals surface area (Å²) in [6.07, 6.45) is 1.82. The number of carboxylic acid groups (broad SMARTS) is 2. The van der Waals surface area contributed by atoms with Gasteiger partial charge in [-0.15, -0.1) is 0 Å². The van der Waals surface area contributed by atoms with E-state index in [1.807, 2.05) is 59.1 Å².